The third-order valence-corrected chi connectivity index (χ3v) is 4.69. The molecule has 1 N–H and O–H groups in total. The van der Waals surface area contributed by atoms with Crippen LogP contribution in [0, 0.1) is 0 Å². The van der Waals surface area contributed by atoms with Crippen LogP contribution in [0.5, 0.6) is 0 Å². The van der Waals surface area contributed by atoms with Gasteiger partial charge in [0.25, 0.3) is 0 Å². The zero-order valence-electron chi connectivity index (χ0n) is 14.3. The van der Waals surface area contributed by atoms with Crippen molar-refractivity contribution >= 4 is 23.2 Å². The van der Waals surface area contributed by atoms with Gasteiger partial charge in [0.05, 0.1) is 6.54 Å². The summed E-state index contributed by atoms with van der Waals surface area (Å²) in [6.07, 6.45) is 5.97. The lowest BCUT2D eigenvalue weighted by Gasteiger charge is -2.31. The lowest BCUT2D eigenvalue weighted by Crippen LogP contribution is -2.41. The highest BCUT2D eigenvalue weighted by molar-refractivity contribution is 5.91. The van der Waals surface area contributed by atoms with Gasteiger partial charge in [0.2, 0.25) is 11.8 Å². The number of benzene rings is 1. The van der Waals surface area contributed by atoms with Crippen molar-refractivity contribution in [3.8, 4) is 0 Å². The molecule has 1 fully saturated rings. The van der Waals surface area contributed by atoms with E-state index in [1.54, 1.807) is 11.9 Å². The van der Waals surface area contributed by atoms with Crippen LogP contribution in [0.4, 0.5) is 11.4 Å². The molecular weight excluding hydrogens is 290 g/mol. The van der Waals surface area contributed by atoms with E-state index in [1.807, 2.05) is 36.2 Å². The van der Waals surface area contributed by atoms with E-state index in [1.165, 1.54) is 26.2 Å². The van der Waals surface area contributed by atoms with Crippen molar-refractivity contribution in [1.29, 1.82) is 0 Å². The molecule has 1 aliphatic carbocycles. The fraction of sp³-hybridized carbons (Fsp3) is 0.556. The first-order valence-electron chi connectivity index (χ1n) is 8.33. The zero-order valence-corrected chi connectivity index (χ0v) is 14.3. The van der Waals surface area contributed by atoms with Gasteiger partial charge in [-0.25, -0.2) is 0 Å². The predicted molar refractivity (Wildman–Crippen MR) is 93.7 cm³/mol. The van der Waals surface area contributed by atoms with Gasteiger partial charge >= 0.3 is 0 Å². The van der Waals surface area contributed by atoms with Crippen molar-refractivity contribution in [3.63, 3.8) is 0 Å². The Morgan fingerprint density at radius 1 is 1.09 bits per heavy atom. The number of nitrogens with one attached hydrogen (secondary N) is 1. The van der Waals surface area contributed by atoms with Gasteiger partial charge in [0.1, 0.15) is 0 Å². The molecule has 1 aromatic carbocycles. The second-order valence-corrected chi connectivity index (χ2v) is 6.27. The second-order valence-electron chi connectivity index (χ2n) is 6.27. The summed E-state index contributed by atoms with van der Waals surface area (Å²) < 4.78 is 0. The number of amides is 2. The number of carbonyl (C=O) groups is 2. The number of anilines is 2. The average Bonchev–Trinajstić information content (AvgIpc) is 2.59. The highest BCUT2D eigenvalue weighted by Gasteiger charge is 2.21. The summed E-state index contributed by atoms with van der Waals surface area (Å²) >= 11 is 0. The molecule has 5 heteroatoms. The molecule has 0 bridgehead atoms. The SMILES string of the molecule is CC(=O)N(C)c1ccc(NCC(=O)N(C)C2CCCCC2)cc1. The molecule has 0 aromatic heterocycles. The van der Waals surface area contributed by atoms with Gasteiger partial charge in [0.15, 0.2) is 0 Å². The van der Waals surface area contributed by atoms with E-state index in [4.69, 9.17) is 0 Å². The molecule has 0 saturated heterocycles. The Hall–Kier alpha value is -2.04. The van der Waals surface area contributed by atoms with E-state index in [9.17, 15) is 9.59 Å². The highest BCUT2D eigenvalue weighted by atomic mass is 16.2. The van der Waals surface area contributed by atoms with Gasteiger partial charge in [0, 0.05) is 38.4 Å². The van der Waals surface area contributed by atoms with Crippen LogP contribution in [0.25, 0.3) is 0 Å². The summed E-state index contributed by atoms with van der Waals surface area (Å²) in [5.41, 5.74) is 1.73. The Bertz CT molecular complexity index is 536. The fourth-order valence-electron chi connectivity index (χ4n) is 2.96. The maximum Gasteiger partial charge on any atom is 0.241 e. The first-order valence-corrected chi connectivity index (χ1v) is 8.33. The number of hydrogen-bond acceptors (Lipinski definition) is 3. The first kappa shape index (κ1) is 17.3. The smallest absolute Gasteiger partial charge is 0.241 e. The van der Waals surface area contributed by atoms with E-state index in [-0.39, 0.29) is 11.8 Å². The van der Waals surface area contributed by atoms with Crippen LogP contribution in [0.1, 0.15) is 39.0 Å². The molecule has 0 spiro atoms. The summed E-state index contributed by atoms with van der Waals surface area (Å²) in [5.74, 6) is 0.122. The molecule has 1 aliphatic rings. The van der Waals surface area contributed by atoms with Crippen molar-refractivity contribution in [2.75, 3.05) is 30.9 Å². The Kier molecular flexibility index (Phi) is 6.02. The minimum atomic E-state index is -0.00464. The van der Waals surface area contributed by atoms with Crippen molar-refractivity contribution in [3.05, 3.63) is 24.3 Å². The number of nitrogens with zero attached hydrogens (tertiary/aromatic N) is 2. The van der Waals surface area contributed by atoms with Gasteiger partial charge in [-0.05, 0) is 37.1 Å². The van der Waals surface area contributed by atoms with E-state index in [0.29, 0.717) is 12.6 Å². The molecular formula is C18H27N3O2. The summed E-state index contributed by atoms with van der Waals surface area (Å²) in [4.78, 5) is 27.1. The van der Waals surface area contributed by atoms with Crippen LogP contribution in [0.2, 0.25) is 0 Å². The van der Waals surface area contributed by atoms with E-state index in [0.717, 1.165) is 24.2 Å². The van der Waals surface area contributed by atoms with Crippen LogP contribution in [0.15, 0.2) is 24.3 Å². The zero-order chi connectivity index (χ0) is 16.8. The predicted octanol–water partition coefficient (Wildman–Crippen LogP) is 2.87. The Morgan fingerprint density at radius 3 is 2.26 bits per heavy atom. The van der Waals surface area contributed by atoms with Gasteiger partial charge in [-0.15, -0.1) is 0 Å². The third-order valence-electron chi connectivity index (χ3n) is 4.69. The molecule has 0 atom stereocenters. The highest BCUT2D eigenvalue weighted by Crippen LogP contribution is 2.22. The van der Waals surface area contributed by atoms with Crippen LogP contribution in [-0.4, -0.2) is 43.4 Å². The van der Waals surface area contributed by atoms with Gasteiger partial charge in [-0.1, -0.05) is 19.3 Å². The van der Waals surface area contributed by atoms with Crippen molar-refractivity contribution in [2.24, 2.45) is 0 Å². The quantitative estimate of drug-likeness (QED) is 0.908. The number of rotatable bonds is 5. The van der Waals surface area contributed by atoms with Crippen molar-refractivity contribution in [2.45, 2.75) is 45.1 Å². The normalized spacial score (nSPS) is 15.1. The second kappa shape index (κ2) is 7.99. The molecule has 2 rings (SSSR count). The molecule has 0 unspecified atom stereocenters. The fourth-order valence-corrected chi connectivity index (χ4v) is 2.96. The number of carbonyl (C=O) groups excluding carboxylic acids is 2. The summed E-state index contributed by atoms with van der Waals surface area (Å²) in [6, 6.07) is 7.92. The molecule has 1 aromatic rings. The molecule has 1 saturated carbocycles. The van der Waals surface area contributed by atoms with Crippen LogP contribution in [-0.2, 0) is 9.59 Å². The topological polar surface area (TPSA) is 52.7 Å². The largest absolute Gasteiger partial charge is 0.376 e. The summed E-state index contributed by atoms with van der Waals surface area (Å²) in [5, 5.41) is 3.17. The molecule has 0 radical (unpaired) electrons. The van der Waals surface area contributed by atoms with Crippen molar-refractivity contribution in [1.82, 2.24) is 4.90 Å². The minimum Gasteiger partial charge on any atom is -0.376 e. The molecule has 126 valence electrons. The van der Waals surface area contributed by atoms with Gasteiger partial charge in [-0.2, -0.15) is 0 Å². The van der Waals surface area contributed by atoms with Crippen LogP contribution < -0.4 is 10.2 Å². The van der Waals surface area contributed by atoms with E-state index in [2.05, 4.69) is 5.32 Å². The van der Waals surface area contributed by atoms with Crippen LogP contribution >= 0.6 is 0 Å². The summed E-state index contributed by atoms with van der Waals surface area (Å²) in [6.45, 7) is 1.83. The lowest BCUT2D eigenvalue weighted by molar-refractivity contribution is -0.130. The number of likely N-dealkylation sites (N-methyl/N-ethyl adjacent to an activating group) is 1. The molecule has 0 heterocycles. The molecule has 2 amide bonds. The number of hydrogen-bond donors (Lipinski definition) is 1. The van der Waals surface area contributed by atoms with Gasteiger partial charge < -0.3 is 15.1 Å². The Morgan fingerprint density at radius 2 is 1.70 bits per heavy atom. The standard InChI is InChI=1S/C18H27N3O2/c1-14(22)20(2)17-11-9-15(10-12-17)19-13-18(23)21(3)16-7-5-4-6-8-16/h9-12,16,19H,4-8,13H2,1-3H3. The molecule has 5 nitrogen and oxygen atoms in total. The monoisotopic (exact) mass is 317 g/mol. The maximum atomic E-state index is 12.3. The maximum absolute atomic E-state index is 12.3. The van der Waals surface area contributed by atoms with E-state index >= 15 is 0 Å². The summed E-state index contributed by atoms with van der Waals surface area (Å²) in [7, 11) is 3.65. The Labute approximate surface area is 138 Å². The third kappa shape index (κ3) is 4.71. The lowest BCUT2D eigenvalue weighted by atomic mass is 9.94. The van der Waals surface area contributed by atoms with Gasteiger partial charge in [-0.3, -0.25) is 9.59 Å². The molecule has 0 aliphatic heterocycles. The molecule has 23 heavy (non-hydrogen) atoms. The van der Waals surface area contributed by atoms with Crippen molar-refractivity contribution < 1.29 is 9.59 Å². The minimum absolute atomic E-state index is 0.00464. The van der Waals surface area contributed by atoms with E-state index < -0.39 is 0 Å². The average molecular weight is 317 g/mol. The Balaban J connectivity index is 1.85. The van der Waals surface area contributed by atoms with Crippen LogP contribution in [0.3, 0.4) is 0 Å². The first-order chi connectivity index (χ1) is 11.0.